The molecule has 2 saturated heterocycles. The number of hydrogen-bond acceptors (Lipinski definition) is 5. The van der Waals surface area contributed by atoms with Gasteiger partial charge in [0.2, 0.25) is 5.91 Å². The van der Waals surface area contributed by atoms with Gasteiger partial charge < -0.3 is 24.2 Å². The largest absolute Gasteiger partial charge is 0.482 e. The van der Waals surface area contributed by atoms with Crippen molar-refractivity contribution in [3.05, 3.63) is 73.5 Å². The highest BCUT2D eigenvalue weighted by Gasteiger charge is 2.63. The summed E-state index contributed by atoms with van der Waals surface area (Å²) in [6.45, 7) is 51.1. The number of allylic oxidation sites excluding steroid dienone is 1. The van der Waals surface area contributed by atoms with Crippen LogP contribution in [0.25, 0.3) is 0 Å². The molecule has 5 rings (SSSR count). The molecule has 0 bridgehead atoms. The highest BCUT2D eigenvalue weighted by molar-refractivity contribution is 6.05. The molecule has 8 nitrogen and oxygen atoms in total. The lowest BCUT2D eigenvalue weighted by atomic mass is 9.58. The van der Waals surface area contributed by atoms with Crippen LogP contribution in [0.5, 0.6) is 5.75 Å². The zero-order valence-corrected chi connectivity index (χ0v) is 40.6. The van der Waals surface area contributed by atoms with Crippen LogP contribution in [0.4, 0.5) is 0 Å². The molecule has 2 fully saturated rings. The normalized spacial score (nSPS) is 25.0. The number of ether oxygens (including phenoxy) is 2. The fourth-order valence-electron chi connectivity index (χ4n) is 11.1. The summed E-state index contributed by atoms with van der Waals surface area (Å²) in [6, 6.07) is -1.97. The summed E-state index contributed by atoms with van der Waals surface area (Å²) in [5, 5.41) is 0. The summed E-state index contributed by atoms with van der Waals surface area (Å²) in [5.41, 5.74) is 4.17. The molecule has 8 heteroatoms. The summed E-state index contributed by atoms with van der Waals surface area (Å²) in [6.07, 6.45) is 0. The molecule has 0 spiro atoms. The standard InChI is InChI=1S/C50H75N3O5/c1-26-27(2)34-37(45(13,14)52(40(34)54)39-41(55)51(25)33(8)43(9,10)44(39,11)12)38(32(26)7)57-47(17,18)36-30(5)28(3)35(29(4)31(36)6)46(15,16)53-42(56)48(19,20)58-50(23,24)49(53,21)22/h39H,8H2,1-7,9-25H3/t39-/m0/s1/i39D. The van der Waals surface area contributed by atoms with E-state index in [1.807, 2.05) is 76.2 Å². The molecule has 1 atom stereocenters. The minimum atomic E-state index is -1.97. The number of hydrogen-bond donors (Lipinski definition) is 0. The van der Waals surface area contributed by atoms with Gasteiger partial charge in [-0.05, 0) is 176 Å². The first kappa shape index (κ1) is 43.9. The number of likely N-dealkylation sites (N-methyl/N-ethyl adjacent to an activating group) is 1. The number of nitrogens with zero attached hydrogens (tertiary/aromatic N) is 3. The third-order valence-corrected chi connectivity index (χ3v) is 15.9. The Kier molecular flexibility index (Phi) is 9.79. The lowest BCUT2D eigenvalue weighted by Gasteiger charge is -2.62. The number of rotatable bonds is 6. The molecule has 3 aliphatic rings. The van der Waals surface area contributed by atoms with Crippen molar-refractivity contribution >= 4 is 17.7 Å². The van der Waals surface area contributed by atoms with Crippen LogP contribution in [0.15, 0.2) is 12.3 Å². The first-order chi connectivity index (χ1) is 26.2. The van der Waals surface area contributed by atoms with Crippen molar-refractivity contribution in [3.63, 3.8) is 0 Å². The lowest BCUT2D eigenvalue weighted by Crippen LogP contribution is -2.75. The van der Waals surface area contributed by atoms with Crippen molar-refractivity contribution in [2.24, 2.45) is 10.8 Å². The molecule has 0 radical (unpaired) electrons. The van der Waals surface area contributed by atoms with Crippen LogP contribution < -0.4 is 4.74 Å². The van der Waals surface area contributed by atoms with Crippen LogP contribution in [0.2, 0.25) is 0 Å². The Morgan fingerprint density at radius 3 is 1.66 bits per heavy atom. The van der Waals surface area contributed by atoms with E-state index in [4.69, 9.17) is 9.47 Å². The van der Waals surface area contributed by atoms with Crippen LogP contribution in [0, 0.1) is 59.3 Å². The Morgan fingerprint density at radius 2 is 1.17 bits per heavy atom. The highest BCUT2D eigenvalue weighted by Crippen LogP contribution is 2.58. The summed E-state index contributed by atoms with van der Waals surface area (Å²) in [4.78, 5) is 49.2. The van der Waals surface area contributed by atoms with Gasteiger partial charge in [-0.25, -0.2) is 0 Å². The van der Waals surface area contributed by atoms with Gasteiger partial charge >= 0.3 is 0 Å². The first-order valence-corrected chi connectivity index (χ1v) is 21.0. The maximum absolute atomic E-state index is 15.2. The Morgan fingerprint density at radius 1 is 0.707 bits per heavy atom. The van der Waals surface area contributed by atoms with E-state index < -0.39 is 56.2 Å². The topological polar surface area (TPSA) is 79.4 Å². The van der Waals surface area contributed by atoms with E-state index in [-0.39, 0.29) is 11.8 Å². The van der Waals surface area contributed by atoms with E-state index >= 15 is 4.79 Å². The van der Waals surface area contributed by atoms with Crippen LogP contribution in [-0.2, 0) is 31.0 Å². The quantitative estimate of drug-likeness (QED) is 0.291. The number of carbonyl (C=O) groups is 3. The number of fused-ring (bicyclic) bond motifs is 1. The van der Waals surface area contributed by atoms with Crippen molar-refractivity contribution in [1.29, 1.82) is 0 Å². The number of morpholine rings is 1. The molecule has 3 heterocycles. The Hall–Kier alpha value is -3.65. The van der Waals surface area contributed by atoms with Gasteiger partial charge in [-0.1, -0.05) is 34.3 Å². The molecule has 0 N–H and O–H groups in total. The van der Waals surface area contributed by atoms with Gasteiger partial charge in [0, 0.05) is 34.7 Å². The molecule has 2 aromatic rings. The van der Waals surface area contributed by atoms with Gasteiger partial charge in [-0.3, -0.25) is 14.4 Å². The van der Waals surface area contributed by atoms with Gasteiger partial charge in [-0.15, -0.1) is 0 Å². The zero-order chi connectivity index (χ0) is 45.9. The Labute approximate surface area is 352 Å². The summed E-state index contributed by atoms with van der Waals surface area (Å²) in [5.74, 6) is -0.283. The second-order valence-electron chi connectivity index (χ2n) is 21.8. The predicted octanol–water partition coefficient (Wildman–Crippen LogP) is 10.7. The van der Waals surface area contributed by atoms with E-state index in [0.29, 0.717) is 22.6 Å². The smallest absolute Gasteiger partial charge is 0.256 e. The molecule has 0 saturated carbocycles. The third kappa shape index (κ3) is 5.72. The maximum atomic E-state index is 15.2. The van der Waals surface area contributed by atoms with Gasteiger partial charge in [0.25, 0.3) is 11.8 Å². The number of likely N-dealkylation sites (tertiary alicyclic amines) is 1. The second-order valence-corrected chi connectivity index (χ2v) is 21.8. The molecule has 0 aromatic heterocycles. The summed E-state index contributed by atoms with van der Waals surface area (Å²) in [7, 11) is 1.66. The van der Waals surface area contributed by atoms with Crippen molar-refractivity contribution < 1.29 is 25.2 Å². The Balaban J connectivity index is 1.72. The van der Waals surface area contributed by atoms with Gasteiger partial charge in [0.1, 0.15) is 23.0 Å². The predicted molar refractivity (Wildman–Crippen MR) is 235 cm³/mol. The average molecular weight is 799 g/mol. The van der Waals surface area contributed by atoms with Crippen molar-refractivity contribution in [2.75, 3.05) is 7.05 Å². The van der Waals surface area contributed by atoms with Crippen LogP contribution in [0.3, 0.4) is 0 Å². The van der Waals surface area contributed by atoms with E-state index in [1.54, 1.807) is 7.05 Å². The minimum absolute atomic E-state index is 0.0492. The van der Waals surface area contributed by atoms with Crippen molar-refractivity contribution in [3.8, 4) is 5.75 Å². The molecule has 3 aliphatic heterocycles. The van der Waals surface area contributed by atoms with E-state index in [1.165, 1.54) is 9.80 Å². The van der Waals surface area contributed by atoms with Crippen LogP contribution in [-0.4, -0.2) is 62.2 Å². The van der Waals surface area contributed by atoms with Gasteiger partial charge in [-0.2, -0.15) is 0 Å². The number of benzene rings is 2. The van der Waals surface area contributed by atoms with E-state index in [2.05, 4.69) is 94.6 Å². The van der Waals surface area contributed by atoms with Crippen molar-refractivity contribution in [2.45, 2.75) is 199 Å². The third-order valence-electron chi connectivity index (χ3n) is 15.9. The molecular weight excluding hydrogens is 723 g/mol. The SMILES string of the molecule is [2H][C@]1(N2C(=O)c3c(C)c(C)c(C)c(OC(C)(C)c4c(C)c(C)c(C(C)(C)N5C(=O)C(C)(C)OC(C)(C)C5(C)C)c(C)c4C)c3C2(C)C)C(=O)N(C)C(=C)C(C)(C)C1(C)C. The zero-order valence-electron chi connectivity index (χ0n) is 41.6. The summed E-state index contributed by atoms with van der Waals surface area (Å²) >= 11 is 0. The van der Waals surface area contributed by atoms with Gasteiger partial charge in [0.05, 0.1) is 29.2 Å². The van der Waals surface area contributed by atoms with Gasteiger partial charge in [0.15, 0.2) is 0 Å². The molecular formula is C50H75N3O5. The molecule has 2 aromatic carbocycles. The number of carbonyl (C=O) groups excluding carboxylic acids is 3. The van der Waals surface area contributed by atoms with E-state index in [9.17, 15) is 11.0 Å². The van der Waals surface area contributed by atoms with Crippen LogP contribution >= 0.6 is 0 Å². The van der Waals surface area contributed by atoms with E-state index in [0.717, 1.165) is 50.1 Å². The fourth-order valence-corrected chi connectivity index (χ4v) is 11.1. The summed E-state index contributed by atoms with van der Waals surface area (Å²) < 4.78 is 24.1. The Bertz CT molecular complexity index is 2210. The number of amides is 3. The lowest BCUT2D eigenvalue weighted by molar-refractivity contribution is -0.247. The van der Waals surface area contributed by atoms with Crippen LogP contribution in [0.1, 0.15) is 178 Å². The molecule has 0 unspecified atom stereocenters. The minimum Gasteiger partial charge on any atom is -0.482 e. The van der Waals surface area contributed by atoms with Crippen molar-refractivity contribution in [1.82, 2.24) is 14.7 Å². The fraction of sp³-hybridized carbons (Fsp3) is 0.660. The first-order valence-electron chi connectivity index (χ1n) is 21.5. The molecule has 0 aliphatic carbocycles. The molecule has 320 valence electrons. The molecule has 3 amide bonds. The number of piperidine rings is 1. The monoisotopic (exact) mass is 799 g/mol. The average Bonchev–Trinajstić information content (AvgIpc) is 3.29. The second kappa shape index (κ2) is 12.9. The maximum Gasteiger partial charge on any atom is 0.256 e. The highest BCUT2D eigenvalue weighted by atomic mass is 16.5. The molecule has 58 heavy (non-hydrogen) atoms.